The number of benzene rings is 1. The molecule has 222 valence electrons. The van der Waals surface area contributed by atoms with Crippen LogP contribution in [0.3, 0.4) is 0 Å². The van der Waals surface area contributed by atoms with Crippen molar-refractivity contribution in [3.8, 4) is 11.5 Å². The van der Waals surface area contributed by atoms with Gasteiger partial charge in [-0.3, -0.25) is 14.6 Å². The number of ether oxygens (including phenoxy) is 3. The molecule has 2 saturated carbocycles. The number of rotatable bonds is 4. The van der Waals surface area contributed by atoms with Crippen LogP contribution in [-0.4, -0.2) is 89.8 Å². The lowest BCUT2D eigenvalue weighted by Gasteiger charge is -2.66. The molecule has 0 unspecified atom stereocenters. The van der Waals surface area contributed by atoms with Gasteiger partial charge in [-0.05, 0) is 103 Å². The second kappa shape index (κ2) is 8.77. The molecule has 4 bridgehead atoms. The number of fused-ring (bicyclic) bond motifs is 3. The third-order valence-electron chi connectivity index (χ3n) is 11.9. The Hall–Kier alpha value is -2.48. The second-order valence-corrected chi connectivity index (χ2v) is 14.9. The molecule has 6 atom stereocenters. The maximum absolute atomic E-state index is 14.5. The zero-order chi connectivity index (χ0) is 28.3. The molecule has 1 aromatic carbocycles. The first kappa shape index (κ1) is 26.2. The van der Waals surface area contributed by atoms with Crippen molar-refractivity contribution in [2.24, 2.45) is 11.3 Å². The molecule has 5 heterocycles. The topological polar surface area (TPSA) is 71.5 Å². The summed E-state index contributed by atoms with van der Waals surface area (Å²) in [6.45, 7) is 9.28. The minimum absolute atomic E-state index is 0.00194. The number of carbonyl (C=O) groups is 2. The smallest absolute Gasteiger partial charge is 0.410 e. The molecular weight excluding hydrogens is 518 g/mol. The maximum atomic E-state index is 14.5. The fraction of sp³-hybridized carbons (Fsp3) is 0.758. The van der Waals surface area contributed by atoms with Gasteiger partial charge in [-0.25, -0.2) is 4.79 Å². The van der Waals surface area contributed by atoms with Crippen molar-refractivity contribution in [1.29, 1.82) is 0 Å². The molecule has 41 heavy (non-hydrogen) atoms. The Kier molecular flexibility index (Phi) is 5.60. The standard InChI is InChI=1S/C33H45N3O5/c1-31(2,3)41-30(38)36-15-5-6-23(36)29(37)35-17-13-32-12-11-22(35)28-33(32)14-16-34(19-20-7-8-20)25(32)18-21-9-10-24(39-4)27(40-28)26(21)33/h9-10,20,22-23,25,28H,5-8,11-19H2,1-4H3/t22-,23-,25-,28+,32-,33+/m1/s1. The molecule has 0 radical (unpaired) electrons. The Morgan fingerprint density at radius 1 is 1.02 bits per heavy atom. The lowest BCUT2D eigenvalue weighted by molar-refractivity contribution is -0.147. The fourth-order valence-corrected chi connectivity index (χ4v) is 10.2. The highest BCUT2D eigenvalue weighted by molar-refractivity contribution is 5.87. The minimum Gasteiger partial charge on any atom is -0.493 e. The van der Waals surface area contributed by atoms with Crippen molar-refractivity contribution in [2.75, 3.05) is 33.3 Å². The summed E-state index contributed by atoms with van der Waals surface area (Å²) < 4.78 is 18.7. The van der Waals surface area contributed by atoms with Crippen molar-refractivity contribution in [1.82, 2.24) is 14.7 Å². The third kappa shape index (κ3) is 3.55. The molecule has 8 heteroatoms. The second-order valence-electron chi connectivity index (χ2n) is 14.9. The van der Waals surface area contributed by atoms with E-state index in [0.29, 0.717) is 19.0 Å². The molecule has 2 amide bonds. The molecule has 0 N–H and O–H groups in total. The van der Waals surface area contributed by atoms with Crippen LogP contribution < -0.4 is 9.47 Å². The van der Waals surface area contributed by atoms with Crippen LogP contribution in [0.25, 0.3) is 0 Å². The predicted molar refractivity (Wildman–Crippen MR) is 153 cm³/mol. The lowest BCUT2D eigenvalue weighted by atomic mass is 9.42. The van der Waals surface area contributed by atoms with Crippen LogP contribution in [0.1, 0.15) is 83.3 Å². The summed E-state index contributed by atoms with van der Waals surface area (Å²) in [6.07, 6.45) is 9.03. The summed E-state index contributed by atoms with van der Waals surface area (Å²) in [6, 6.07) is 4.41. The van der Waals surface area contributed by atoms with Crippen LogP contribution in [0.15, 0.2) is 12.1 Å². The maximum Gasteiger partial charge on any atom is 0.410 e. The molecule has 8 aliphatic rings. The number of nitrogens with zero attached hydrogens (tertiary/aromatic N) is 3. The van der Waals surface area contributed by atoms with E-state index in [1.807, 2.05) is 20.8 Å². The molecule has 9 rings (SSSR count). The lowest BCUT2D eigenvalue weighted by Crippen LogP contribution is -2.73. The van der Waals surface area contributed by atoms with Gasteiger partial charge in [0.25, 0.3) is 0 Å². The number of piperidine rings is 1. The first-order valence-corrected chi connectivity index (χ1v) is 16.1. The summed E-state index contributed by atoms with van der Waals surface area (Å²) in [5, 5.41) is 0. The summed E-state index contributed by atoms with van der Waals surface area (Å²) >= 11 is 0. The van der Waals surface area contributed by atoms with Crippen molar-refractivity contribution in [3.63, 3.8) is 0 Å². The van der Waals surface area contributed by atoms with E-state index in [2.05, 4.69) is 21.9 Å². The van der Waals surface area contributed by atoms with E-state index in [0.717, 1.165) is 69.0 Å². The Bertz CT molecular complexity index is 1290. The van der Waals surface area contributed by atoms with Crippen LogP contribution in [0.2, 0.25) is 0 Å². The molecule has 0 aromatic heterocycles. The average Bonchev–Trinajstić information content (AvgIpc) is 3.56. The predicted octanol–water partition coefficient (Wildman–Crippen LogP) is 4.52. The molecule has 6 fully saturated rings. The van der Waals surface area contributed by atoms with Gasteiger partial charge < -0.3 is 19.1 Å². The van der Waals surface area contributed by atoms with Crippen molar-refractivity contribution in [2.45, 2.75) is 114 Å². The minimum atomic E-state index is -0.591. The summed E-state index contributed by atoms with van der Waals surface area (Å²) in [5.74, 6) is 2.70. The van der Waals surface area contributed by atoms with Gasteiger partial charge in [-0.1, -0.05) is 6.07 Å². The number of carbonyl (C=O) groups excluding carboxylic acids is 2. The highest BCUT2D eigenvalue weighted by atomic mass is 16.6. The monoisotopic (exact) mass is 563 g/mol. The van der Waals surface area contributed by atoms with Crippen LogP contribution in [-0.2, 0) is 21.4 Å². The van der Waals surface area contributed by atoms with E-state index in [1.165, 1.54) is 30.5 Å². The SMILES string of the molecule is COc1ccc2c3c1O[C@H]1[C@H]4CC[C@@]5(CCN4C(=O)[C@H]4CCCN4C(=O)OC(C)(C)C)[C@@H](C2)N(CC2CC2)CC[C@]315. The van der Waals surface area contributed by atoms with Crippen LogP contribution in [0, 0.1) is 11.3 Å². The molecule has 1 aromatic rings. The number of methoxy groups -OCH3 is 1. The van der Waals surface area contributed by atoms with E-state index in [1.54, 1.807) is 12.0 Å². The molecule has 4 saturated heterocycles. The van der Waals surface area contributed by atoms with Gasteiger partial charge in [0.1, 0.15) is 17.7 Å². The summed E-state index contributed by atoms with van der Waals surface area (Å²) in [7, 11) is 1.74. The Labute approximate surface area is 243 Å². The van der Waals surface area contributed by atoms with Crippen molar-refractivity contribution >= 4 is 12.0 Å². The van der Waals surface area contributed by atoms with E-state index in [-0.39, 0.29) is 35.0 Å². The number of hydrogen-bond donors (Lipinski definition) is 0. The van der Waals surface area contributed by atoms with Gasteiger partial charge in [-0.2, -0.15) is 0 Å². The quantitative estimate of drug-likeness (QED) is 0.537. The van der Waals surface area contributed by atoms with Gasteiger partial charge in [0.2, 0.25) is 5.91 Å². The fourth-order valence-electron chi connectivity index (χ4n) is 10.2. The first-order chi connectivity index (χ1) is 19.7. The Morgan fingerprint density at radius 3 is 2.61 bits per heavy atom. The van der Waals surface area contributed by atoms with Crippen LogP contribution in [0.4, 0.5) is 4.79 Å². The van der Waals surface area contributed by atoms with Gasteiger partial charge >= 0.3 is 6.09 Å². The highest BCUT2D eigenvalue weighted by Gasteiger charge is 2.74. The zero-order valence-corrected chi connectivity index (χ0v) is 25.1. The molecule has 5 aliphatic heterocycles. The van der Waals surface area contributed by atoms with Crippen LogP contribution >= 0.6 is 0 Å². The van der Waals surface area contributed by atoms with Gasteiger partial charge in [-0.15, -0.1) is 0 Å². The van der Waals surface area contributed by atoms with Crippen molar-refractivity contribution < 1.29 is 23.8 Å². The average molecular weight is 564 g/mol. The molecule has 8 nitrogen and oxygen atoms in total. The first-order valence-electron chi connectivity index (χ1n) is 16.1. The van der Waals surface area contributed by atoms with Crippen LogP contribution in [0.5, 0.6) is 11.5 Å². The highest BCUT2D eigenvalue weighted by Crippen LogP contribution is 2.71. The summed E-state index contributed by atoms with van der Waals surface area (Å²) in [4.78, 5) is 34.3. The Morgan fingerprint density at radius 2 is 1.85 bits per heavy atom. The van der Waals surface area contributed by atoms with Crippen molar-refractivity contribution in [3.05, 3.63) is 23.3 Å². The van der Waals surface area contributed by atoms with E-state index in [4.69, 9.17) is 14.2 Å². The number of amides is 2. The van der Waals surface area contributed by atoms with E-state index < -0.39 is 11.6 Å². The normalized spacial score (nSPS) is 37.0. The third-order valence-corrected chi connectivity index (χ3v) is 11.9. The molecular formula is C33H45N3O5. The Balaban J connectivity index is 1.19. The van der Waals surface area contributed by atoms with E-state index in [9.17, 15) is 9.59 Å². The summed E-state index contributed by atoms with van der Waals surface area (Å²) in [5.41, 5.74) is 2.23. The zero-order valence-electron chi connectivity index (χ0n) is 25.1. The molecule has 3 aliphatic carbocycles. The largest absolute Gasteiger partial charge is 0.493 e. The van der Waals surface area contributed by atoms with Gasteiger partial charge in [0.15, 0.2) is 11.5 Å². The molecule has 2 spiro atoms. The van der Waals surface area contributed by atoms with Gasteiger partial charge in [0, 0.05) is 42.1 Å². The van der Waals surface area contributed by atoms with E-state index >= 15 is 0 Å². The van der Waals surface area contributed by atoms with Gasteiger partial charge in [0.05, 0.1) is 13.2 Å². The number of hydrogen-bond acceptors (Lipinski definition) is 6. The number of likely N-dealkylation sites (tertiary alicyclic amines) is 2.